The molecule has 0 bridgehead atoms. The first kappa shape index (κ1) is 14.5. The van der Waals surface area contributed by atoms with Crippen molar-refractivity contribution in [3.63, 3.8) is 0 Å². The molecule has 1 saturated heterocycles. The van der Waals surface area contributed by atoms with Crippen molar-refractivity contribution >= 4 is 11.9 Å². The summed E-state index contributed by atoms with van der Waals surface area (Å²) in [6, 6.07) is 8.79. The van der Waals surface area contributed by atoms with Crippen molar-refractivity contribution in [2.75, 3.05) is 20.1 Å². The van der Waals surface area contributed by atoms with Crippen LogP contribution in [0, 0.1) is 5.92 Å². The second-order valence-corrected chi connectivity index (χ2v) is 5.53. The van der Waals surface area contributed by atoms with Crippen molar-refractivity contribution in [2.24, 2.45) is 5.92 Å². The number of nitrogens with one attached hydrogen (secondary N) is 1. The summed E-state index contributed by atoms with van der Waals surface area (Å²) < 4.78 is 0. The zero-order valence-corrected chi connectivity index (χ0v) is 11.8. The molecule has 2 unspecified atom stereocenters. The molecule has 1 aliphatic rings. The lowest BCUT2D eigenvalue weighted by Gasteiger charge is -2.28. The van der Waals surface area contributed by atoms with E-state index in [1.54, 1.807) is 24.3 Å². The van der Waals surface area contributed by atoms with Gasteiger partial charge >= 0.3 is 5.97 Å². The lowest BCUT2D eigenvalue weighted by molar-refractivity contribution is -0.148. The lowest BCUT2D eigenvalue weighted by Crippen LogP contribution is -2.51. The Bertz CT molecular complexity index is 503. The number of rotatable bonds is 4. The Morgan fingerprint density at radius 2 is 2.00 bits per heavy atom. The van der Waals surface area contributed by atoms with E-state index in [1.165, 1.54) is 6.92 Å². The van der Waals surface area contributed by atoms with E-state index in [9.17, 15) is 14.7 Å². The predicted molar refractivity (Wildman–Crippen MR) is 75.2 cm³/mol. The number of likely N-dealkylation sites (tertiary alicyclic amines) is 1. The molecule has 0 aromatic heterocycles. The fourth-order valence-corrected chi connectivity index (χ4v) is 2.52. The van der Waals surface area contributed by atoms with Gasteiger partial charge in [0.05, 0.1) is 5.92 Å². The molecule has 0 spiro atoms. The van der Waals surface area contributed by atoms with Crippen LogP contribution in [-0.2, 0) is 15.1 Å². The Morgan fingerprint density at radius 3 is 2.50 bits per heavy atom. The molecule has 1 aromatic carbocycles. The maximum atomic E-state index is 12.3. The molecule has 1 fully saturated rings. The Kier molecular flexibility index (Phi) is 4.09. The van der Waals surface area contributed by atoms with Crippen LogP contribution in [-0.4, -0.2) is 42.0 Å². The SMILES string of the molecule is CN1CCC(C(=O)NC(C)(C(=O)O)c2ccccc2)C1. The zero-order valence-electron chi connectivity index (χ0n) is 11.8. The van der Waals surface area contributed by atoms with Crippen LogP contribution < -0.4 is 5.32 Å². The maximum Gasteiger partial charge on any atom is 0.333 e. The van der Waals surface area contributed by atoms with E-state index >= 15 is 0 Å². The number of carbonyl (C=O) groups excluding carboxylic acids is 1. The molecule has 20 heavy (non-hydrogen) atoms. The van der Waals surface area contributed by atoms with Crippen molar-refractivity contribution < 1.29 is 14.7 Å². The molecule has 1 aliphatic heterocycles. The Hall–Kier alpha value is -1.88. The number of aliphatic carboxylic acids is 1. The molecule has 0 aliphatic carbocycles. The zero-order chi connectivity index (χ0) is 14.8. The van der Waals surface area contributed by atoms with Crippen LogP contribution in [0.15, 0.2) is 30.3 Å². The van der Waals surface area contributed by atoms with E-state index in [2.05, 4.69) is 10.2 Å². The van der Waals surface area contributed by atoms with Crippen LogP contribution in [0.4, 0.5) is 0 Å². The summed E-state index contributed by atoms with van der Waals surface area (Å²) in [5, 5.41) is 12.2. The molecule has 1 heterocycles. The van der Waals surface area contributed by atoms with Crippen molar-refractivity contribution in [3.05, 3.63) is 35.9 Å². The normalized spacial score (nSPS) is 22.2. The van der Waals surface area contributed by atoms with Gasteiger partial charge in [-0.15, -0.1) is 0 Å². The summed E-state index contributed by atoms with van der Waals surface area (Å²) in [6.07, 6.45) is 0.771. The van der Waals surface area contributed by atoms with Gasteiger partial charge in [0, 0.05) is 6.54 Å². The van der Waals surface area contributed by atoms with E-state index in [-0.39, 0.29) is 11.8 Å². The highest BCUT2D eigenvalue weighted by Crippen LogP contribution is 2.23. The monoisotopic (exact) mass is 276 g/mol. The average Bonchev–Trinajstić information content (AvgIpc) is 2.86. The maximum absolute atomic E-state index is 12.3. The van der Waals surface area contributed by atoms with E-state index in [0.717, 1.165) is 13.0 Å². The highest BCUT2D eigenvalue weighted by atomic mass is 16.4. The van der Waals surface area contributed by atoms with Crippen LogP contribution in [0.1, 0.15) is 18.9 Å². The van der Waals surface area contributed by atoms with Crippen molar-refractivity contribution in [2.45, 2.75) is 18.9 Å². The molecule has 108 valence electrons. The van der Waals surface area contributed by atoms with Gasteiger partial charge in [0.1, 0.15) is 0 Å². The van der Waals surface area contributed by atoms with Crippen LogP contribution >= 0.6 is 0 Å². The van der Waals surface area contributed by atoms with Crippen molar-refractivity contribution in [1.29, 1.82) is 0 Å². The summed E-state index contributed by atoms with van der Waals surface area (Å²) in [7, 11) is 1.96. The quantitative estimate of drug-likeness (QED) is 0.862. The topological polar surface area (TPSA) is 69.6 Å². The van der Waals surface area contributed by atoms with Crippen LogP contribution in [0.2, 0.25) is 0 Å². The standard InChI is InChI=1S/C15H20N2O3/c1-15(14(19)20,12-6-4-3-5-7-12)16-13(18)11-8-9-17(2)10-11/h3-7,11H,8-10H2,1-2H3,(H,16,18)(H,19,20). The first-order valence-corrected chi connectivity index (χ1v) is 6.73. The van der Waals surface area contributed by atoms with Crippen molar-refractivity contribution in [1.82, 2.24) is 10.2 Å². The van der Waals surface area contributed by atoms with Gasteiger partial charge in [0.15, 0.2) is 5.54 Å². The van der Waals surface area contributed by atoms with Crippen LogP contribution in [0.25, 0.3) is 0 Å². The smallest absolute Gasteiger partial charge is 0.333 e. The first-order chi connectivity index (χ1) is 9.43. The number of nitrogens with zero attached hydrogens (tertiary/aromatic N) is 1. The fourth-order valence-electron chi connectivity index (χ4n) is 2.52. The van der Waals surface area contributed by atoms with Gasteiger partial charge in [-0.25, -0.2) is 4.79 Å². The number of carbonyl (C=O) groups is 2. The predicted octanol–water partition coefficient (Wildman–Crippen LogP) is 1.05. The van der Waals surface area contributed by atoms with Gasteiger partial charge in [-0.1, -0.05) is 30.3 Å². The minimum atomic E-state index is -1.39. The molecule has 2 N–H and O–H groups in total. The molecule has 5 nitrogen and oxygen atoms in total. The summed E-state index contributed by atoms with van der Waals surface area (Å²) in [5.74, 6) is -1.38. The second kappa shape index (κ2) is 5.63. The number of carboxylic acids is 1. The molecular formula is C15H20N2O3. The minimum absolute atomic E-state index is 0.137. The second-order valence-electron chi connectivity index (χ2n) is 5.53. The van der Waals surface area contributed by atoms with Gasteiger partial charge < -0.3 is 15.3 Å². The molecule has 0 radical (unpaired) electrons. The van der Waals surface area contributed by atoms with E-state index in [0.29, 0.717) is 12.1 Å². The molecular weight excluding hydrogens is 256 g/mol. The summed E-state index contributed by atoms with van der Waals surface area (Å²) >= 11 is 0. The summed E-state index contributed by atoms with van der Waals surface area (Å²) in [4.78, 5) is 26.0. The summed E-state index contributed by atoms with van der Waals surface area (Å²) in [5.41, 5.74) is -0.813. The Labute approximate surface area is 118 Å². The van der Waals surface area contributed by atoms with Gasteiger partial charge in [0.25, 0.3) is 0 Å². The highest BCUT2D eigenvalue weighted by Gasteiger charge is 2.39. The molecule has 2 atom stereocenters. The van der Waals surface area contributed by atoms with Gasteiger partial charge in [-0.3, -0.25) is 4.79 Å². The first-order valence-electron chi connectivity index (χ1n) is 6.73. The highest BCUT2D eigenvalue weighted by molar-refractivity contribution is 5.89. The van der Waals surface area contributed by atoms with Gasteiger partial charge in [-0.05, 0) is 32.5 Å². The molecule has 1 amide bonds. The Balaban J connectivity index is 2.18. The van der Waals surface area contributed by atoms with E-state index in [4.69, 9.17) is 0 Å². The third-order valence-corrected chi connectivity index (χ3v) is 3.91. The van der Waals surface area contributed by atoms with Gasteiger partial charge in [-0.2, -0.15) is 0 Å². The molecule has 0 saturated carbocycles. The number of hydrogen-bond acceptors (Lipinski definition) is 3. The fraction of sp³-hybridized carbons (Fsp3) is 0.467. The number of benzene rings is 1. The third kappa shape index (κ3) is 2.82. The lowest BCUT2D eigenvalue weighted by atomic mass is 9.91. The average molecular weight is 276 g/mol. The number of hydrogen-bond donors (Lipinski definition) is 2. The Morgan fingerprint density at radius 1 is 1.35 bits per heavy atom. The van der Waals surface area contributed by atoms with Crippen LogP contribution in [0.3, 0.4) is 0 Å². The van der Waals surface area contributed by atoms with Crippen LogP contribution in [0.5, 0.6) is 0 Å². The largest absolute Gasteiger partial charge is 0.479 e. The number of amides is 1. The van der Waals surface area contributed by atoms with Crippen molar-refractivity contribution in [3.8, 4) is 0 Å². The molecule has 1 aromatic rings. The van der Waals surface area contributed by atoms with E-state index < -0.39 is 11.5 Å². The molecule has 5 heteroatoms. The number of carboxylic acid groups (broad SMARTS) is 1. The minimum Gasteiger partial charge on any atom is -0.479 e. The van der Waals surface area contributed by atoms with E-state index in [1.807, 2.05) is 13.1 Å². The molecule has 2 rings (SSSR count). The summed E-state index contributed by atoms with van der Waals surface area (Å²) in [6.45, 7) is 3.07. The van der Waals surface area contributed by atoms with Gasteiger partial charge in [0.2, 0.25) is 5.91 Å². The third-order valence-electron chi connectivity index (χ3n) is 3.91.